The van der Waals surface area contributed by atoms with Gasteiger partial charge in [-0.15, -0.1) is 0 Å². The molecule has 2 aromatic carbocycles. The molecule has 0 radical (unpaired) electrons. The summed E-state index contributed by atoms with van der Waals surface area (Å²) in [6.45, 7) is 0.439. The van der Waals surface area contributed by atoms with Crippen molar-refractivity contribution in [3.8, 4) is 17.1 Å². The van der Waals surface area contributed by atoms with Crippen LogP contribution in [0, 0.1) is 4.77 Å². The lowest BCUT2D eigenvalue weighted by molar-refractivity contribution is -0.137. The van der Waals surface area contributed by atoms with E-state index in [1.165, 1.54) is 12.1 Å². The van der Waals surface area contributed by atoms with Crippen LogP contribution in [-0.4, -0.2) is 27.8 Å². The van der Waals surface area contributed by atoms with Crippen molar-refractivity contribution >= 4 is 18.1 Å². The summed E-state index contributed by atoms with van der Waals surface area (Å²) >= 11 is 5.25. The van der Waals surface area contributed by atoms with Crippen LogP contribution in [0.3, 0.4) is 0 Å². The van der Waals surface area contributed by atoms with Crippen LogP contribution >= 0.6 is 12.2 Å². The molecule has 2 N–H and O–H groups in total. The third-order valence-corrected chi connectivity index (χ3v) is 4.75. The van der Waals surface area contributed by atoms with Crippen LogP contribution < -0.4 is 10.1 Å². The first-order valence-corrected chi connectivity index (χ1v) is 9.41. The summed E-state index contributed by atoms with van der Waals surface area (Å²) in [7, 11) is 1.58. The molecule has 6 nitrogen and oxygen atoms in total. The first-order chi connectivity index (χ1) is 14.3. The lowest BCUT2D eigenvalue weighted by Gasteiger charge is -2.10. The number of alkyl halides is 3. The highest BCUT2D eigenvalue weighted by atomic mass is 32.1. The Morgan fingerprint density at radius 3 is 2.43 bits per heavy atom. The quantitative estimate of drug-likeness (QED) is 0.541. The first-order valence-electron chi connectivity index (χ1n) is 9.00. The van der Waals surface area contributed by atoms with Crippen molar-refractivity contribution in [3.05, 3.63) is 64.4 Å². The van der Waals surface area contributed by atoms with E-state index in [-0.39, 0.29) is 18.9 Å². The first kappa shape index (κ1) is 21.6. The second-order valence-electron chi connectivity index (χ2n) is 6.45. The Morgan fingerprint density at radius 2 is 1.83 bits per heavy atom. The van der Waals surface area contributed by atoms with Crippen molar-refractivity contribution in [1.82, 2.24) is 20.1 Å². The van der Waals surface area contributed by atoms with Gasteiger partial charge < -0.3 is 10.1 Å². The molecule has 0 fully saturated rings. The fourth-order valence-corrected chi connectivity index (χ4v) is 3.02. The number of nitrogens with zero attached hydrogens (tertiary/aromatic N) is 2. The molecule has 0 saturated heterocycles. The highest BCUT2D eigenvalue weighted by molar-refractivity contribution is 7.71. The van der Waals surface area contributed by atoms with Crippen LogP contribution in [0.15, 0.2) is 48.5 Å². The van der Waals surface area contributed by atoms with Gasteiger partial charge in [-0.3, -0.25) is 14.5 Å². The van der Waals surface area contributed by atoms with Gasteiger partial charge in [0, 0.05) is 25.1 Å². The van der Waals surface area contributed by atoms with E-state index in [1.54, 1.807) is 23.8 Å². The van der Waals surface area contributed by atoms with E-state index in [0.29, 0.717) is 28.5 Å². The summed E-state index contributed by atoms with van der Waals surface area (Å²) in [5.41, 5.74) is 0.668. The van der Waals surface area contributed by atoms with Crippen LogP contribution in [0.2, 0.25) is 0 Å². The van der Waals surface area contributed by atoms with Crippen molar-refractivity contribution in [3.63, 3.8) is 0 Å². The highest BCUT2D eigenvalue weighted by Crippen LogP contribution is 2.29. The molecule has 0 atom stereocenters. The number of aromatic nitrogens is 3. The molecule has 30 heavy (non-hydrogen) atoms. The number of halogens is 3. The minimum atomic E-state index is -4.38. The lowest BCUT2D eigenvalue weighted by atomic mass is 10.1. The van der Waals surface area contributed by atoms with E-state index in [1.807, 2.05) is 12.1 Å². The molecule has 0 aliphatic rings. The van der Waals surface area contributed by atoms with Crippen LogP contribution in [0.1, 0.15) is 17.5 Å². The maximum Gasteiger partial charge on any atom is 0.416 e. The van der Waals surface area contributed by atoms with Crippen molar-refractivity contribution in [1.29, 1.82) is 0 Å². The van der Waals surface area contributed by atoms with Crippen LogP contribution in [0.25, 0.3) is 11.4 Å². The van der Waals surface area contributed by atoms with Gasteiger partial charge >= 0.3 is 6.18 Å². The number of hydrogen-bond acceptors (Lipinski definition) is 4. The number of hydrogen-bond donors (Lipinski definition) is 2. The molecule has 0 spiro atoms. The van der Waals surface area contributed by atoms with Gasteiger partial charge in [-0.25, -0.2) is 0 Å². The van der Waals surface area contributed by atoms with Crippen molar-refractivity contribution in [2.45, 2.75) is 25.7 Å². The lowest BCUT2D eigenvalue weighted by Crippen LogP contribution is -2.24. The molecular formula is C20H19F3N4O2S. The van der Waals surface area contributed by atoms with Crippen LogP contribution in [-0.2, 0) is 24.1 Å². The predicted octanol–water partition coefficient (Wildman–Crippen LogP) is 4.34. The summed E-state index contributed by atoms with van der Waals surface area (Å²) in [6, 6.07) is 12.0. The molecule has 10 heteroatoms. The number of H-pyrrole nitrogens is 1. The van der Waals surface area contributed by atoms with Crippen LogP contribution in [0.5, 0.6) is 5.75 Å². The average Bonchev–Trinajstić information content (AvgIpc) is 3.10. The fraction of sp³-hybridized carbons (Fsp3) is 0.250. The van der Waals surface area contributed by atoms with Gasteiger partial charge in [0.05, 0.1) is 12.7 Å². The van der Waals surface area contributed by atoms with Gasteiger partial charge in [-0.1, -0.05) is 12.1 Å². The van der Waals surface area contributed by atoms with E-state index in [4.69, 9.17) is 17.0 Å². The monoisotopic (exact) mass is 436 g/mol. The van der Waals surface area contributed by atoms with E-state index in [9.17, 15) is 18.0 Å². The number of aromatic amines is 1. The number of benzene rings is 2. The molecule has 158 valence electrons. The Labute approximate surface area is 175 Å². The normalized spacial score (nSPS) is 11.3. The molecule has 1 aromatic heterocycles. The number of carbonyl (C=O) groups is 1. The van der Waals surface area contributed by atoms with Gasteiger partial charge in [-0.2, -0.15) is 18.3 Å². The SMILES string of the molecule is COc1ccc(-c2n[nH]c(=S)n2CCC(=O)NCc2ccc(C(F)(F)F)cc2)cc1. The fourth-order valence-electron chi connectivity index (χ4n) is 2.80. The number of amides is 1. The zero-order chi connectivity index (χ0) is 21.7. The minimum absolute atomic E-state index is 0.137. The molecule has 3 rings (SSSR count). The second kappa shape index (κ2) is 9.12. The number of rotatable bonds is 7. The standard InChI is InChI=1S/C20H19F3N4O2S/c1-29-16-8-4-14(5-9-16)18-25-26-19(30)27(18)11-10-17(28)24-12-13-2-6-15(7-3-13)20(21,22)23/h2-9H,10-12H2,1H3,(H,24,28)(H,26,30). The Kier molecular flexibility index (Phi) is 6.56. The molecular weight excluding hydrogens is 417 g/mol. The summed E-state index contributed by atoms with van der Waals surface area (Å²) < 4.78 is 45.0. The zero-order valence-electron chi connectivity index (χ0n) is 16.0. The average molecular weight is 436 g/mol. The van der Waals surface area contributed by atoms with Crippen molar-refractivity contribution in [2.24, 2.45) is 0 Å². The summed E-state index contributed by atoms with van der Waals surface area (Å²) in [5, 5.41) is 9.65. The zero-order valence-corrected chi connectivity index (χ0v) is 16.8. The Morgan fingerprint density at radius 1 is 1.17 bits per heavy atom. The van der Waals surface area contributed by atoms with E-state index in [2.05, 4.69) is 15.5 Å². The molecule has 0 saturated carbocycles. The topological polar surface area (TPSA) is 71.9 Å². The Hall–Kier alpha value is -3.14. The number of nitrogens with one attached hydrogen (secondary N) is 2. The Bertz CT molecular complexity index is 1060. The number of ether oxygens (including phenoxy) is 1. The highest BCUT2D eigenvalue weighted by Gasteiger charge is 2.29. The smallest absolute Gasteiger partial charge is 0.416 e. The maximum absolute atomic E-state index is 12.6. The maximum atomic E-state index is 12.6. The molecule has 3 aromatic rings. The van der Waals surface area contributed by atoms with E-state index >= 15 is 0 Å². The van der Waals surface area contributed by atoms with E-state index in [0.717, 1.165) is 17.7 Å². The van der Waals surface area contributed by atoms with Gasteiger partial charge in [-0.05, 0) is 54.2 Å². The summed E-state index contributed by atoms with van der Waals surface area (Å²) in [6.07, 6.45) is -4.25. The number of carbonyl (C=O) groups excluding carboxylic acids is 1. The molecule has 0 bridgehead atoms. The van der Waals surface area contributed by atoms with Gasteiger partial charge in [0.15, 0.2) is 10.6 Å². The molecule has 0 aliphatic heterocycles. The van der Waals surface area contributed by atoms with Gasteiger partial charge in [0.25, 0.3) is 0 Å². The minimum Gasteiger partial charge on any atom is -0.497 e. The van der Waals surface area contributed by atoms with Gasteiger partial charge in [0.2, 0.25) is 5.91 Å². The largest absolute Gasteiger partial charge is 0.497 e. The van der Waals surface area contributed by atoms with Crippen LogP contribution in [0.4, 0.5) is 13.2 Å². The van der Waals surface area contributed by atoms with Crippen molar-refractivity contribution in [2.75, 3.05) is 7.11 Å². The Balaban J connectivity index is 1.58. The second-order valence-corrected chi connectivity index (χ2v) is 6.84. The number of methoxy groups -OCH3 is 1. The summed E-state index contributed by atoms with van der Waals surface area (Å²) in [4.78, 5) is 12.2. The predicted molar refractivity (Wildman–Crippen MR) is 107 cm³/mol. The van der Waals surface area contributed by atoms with E-state index < -0.39 is 11.7 Å². The third-order valence-electron chi connectivity index (χ3n) is 4.44. The summed E-state index contributed by atoms with van der Waals surface area (Å²) in [5.74, 6) is 1.05. The molecule has 1 amide bonds. The van der Waals surface area contributed by atoms with Crippen molar-refractivity contribution < 1.29 is 22.7 Å². The molecule has 0 unspecified atom stereocenters. The van der Waals surface area contributed by atoms with Gasteiger partial charge in [0.1, 0.15) is 5.75 Å². The molecule has 0 aliphatic carbocycles. The molecule has 1 heterocycles. The third kappa shape index (κ3) is 5.26.